The van der Waals surface area contributed by atoms with Crippen LogP contribution in [0, 0.1) is 34.8 Å². The molecule has 0 radical (unpaired) electrons. The normalized spacial score (nSPS) is 27.2. The van der Waals surface area contributed by atoms with Crippen LogP contribution in [0.1, 0.15) is 163 Å². The summed E-state index contributed by atoms with van der Waals surface area (Å²) in [5.74, 6) is 3.12. The molecule has 0 heterocycles. The van der Waals surface area contributed by atoms with Crippen molar-refractivity contribution in [2.45, 2.75) is 167 Å². The molecule has 0 bridgehead atoms. The molecular weight excluding hydrogens is 416 g/mol. The lowest BCUT2D eigenvalue weighted by Crippen LogP contribution is -2.28. The summed E-state index contributed by atoms with van der Waals surface area (Å²) in [6, 6.07) is 0. The minimum absolute atomic E-state index is 0.410. The van der Waals surface area contributed by atoms with Gasteiger partial charge in [0.05, 0.1) is 0 Å². The van der Waals surface area contributed by atoms with Crippen molar-refractivity contribution in [3.05, 3.63) is 0 Å². The summed E-state index contributed by atoms with van der Waals surface area (Å²) in [7, 11) is 0. The molecule has 3 aliphatic carbocycles. The first-order valence-corrected chi connectivity index (χ1v) is 15.9. The highest BCUT2D eigenvalue weighted by atomic mass is 32.2. The highest BCUT2D eigenvalue weighted by molar-refractivity contribution is 8.05. The Morgan fingerprint density at radius 3 is 2.09 bits per heavy atom. The van der Waals surface area contributed by atoms with Gasteiger partial charge >= 0.3 is 0 Å². The van der Waals surface area contributed by atoms with Gasteiger partial charge in [-0.05, 0) is 80.3 Å². The molecule has 0 aromatic heterocycles. The minimum atomic E-state index is 0.410. The third kappa shape index (κ3) is 10.6. The van der Waals surface area contributed by atoms with E-state index in [1.165, 1.54) is 103 Å². The molecule has 3 fully saturated rings. The van der Waals surface area contributed by atoms with Crippen LogP contribution in [-0.4, -0.2) is 4.75 Å². The van der Waals surface area contributed by atoms with Crippen molar-refractivity contribution >= 4 is 11.8 Å². The van der Waals surface area contributed by atoms with Gasteiger partial charge in [-0.2, -0.15) is 0 Å². The number of hydrogen-bond acceptors (Lipinski definition) is 1. The summed E-state index contributed by atoms with van der Waals surface area (Å²) in [6.07, 6.45) is 36.1. The van der Waals surface area contributed by atoms with E-state index < -0.39 is 0 Å². The maximum atomic E-state index is 5.26. The van der Waals surface area contributed by atoms with E-state index in [2.05, 4.69) is 32.9 Å². The maximum absolute atomic E-state index is 5.26. The Balaban J connectivity index is 0.000000321. The fourth-order valence-corrected chi connectivity index (χ4v) is 8.34. The summed E-state index contributed by atoms with van der Waals surface area (Å²) in [6.45, 7) is 9.57. The standard InChI is InChI=1S/C23H44.C9H14S/c1-4-6-8-12-20(3)18-21-13-11-14-22(21)19-23(15-5-2)16-9-7-10-17-23;1-3-10-9(2)7-5-4-6-8-9/h20-22H,4-19H2,1-3H3;1H,4-8H2,2H3. The van der Waals surface area contributed by atoms with Crippen LogP contribution in [0.15, 0.2) is 0 Å². The van der Waals surface area contributed by atoms with Gasteiger partial charge < -0.3 is 0 Å². The van der Waals surface area contributed by atoms with E-state index in [9.17, 15) is 0 Å². The highest BCUT2D eigenvalue weighted by Gasteiger charge is 2.38. The van der Waals surface area contributed by atoms with E-state index >= 15 is 0 Å². The first-order valence-electron chi connectivity index (χ1n) is 15.1. The lowest BCUT2D eigenvalue weighted by Gasteiger charge is -2.41. The van der Waals surface area contributed by atoms with Crippen molar-refractivity contribution in [1.29, 1.82) is 0 Å². The Morgan fingerprint density at radius 2 is 1.48 bits per heavy atom. The largest absolute Gasteiger partial charge is 0.108 e. The number of thioether (sulfide) groups is 1. The van der Waals surface area contributed by atoms with Crippen molar-refractivity contribution in [3.8, 4) is 11.7 Å². The fraction of sp³-hybridized carbons (Fsp3) is 0.938. The minimum Gasteiger partial charge on any atom is -0.108 e. The van der Waals surface area contributed by atoms with Gasteiger partial charge in [0.25, 0.3) is 0 Å². The molecule has 0 aliphatic heterocycles. The topological polar surface area (TPSA) is 0 Å². The van der Waals surface area contributed by atoms with Crippen LogP contribution in [0.25, 0.3) is 0 Å². The summed E-state index contributed by atoms with van der Waals surface area (Å²) in [5.41, 5.74) is 0.756. The van der Waals surface area contributed by atoms with Crippen LogP contribution in [-0.2, 0) is 0 Å². The summed E-state index contributed by atoms with van der Waals surface area (Å²) < 4.78 is 0.410. The predicted octanol–water partition coefficient (Wildman–Crippen LogP) is 11.2. The molecular formula is C32H58S. The Bertz CT molecular complexity index is 526. The molecule has 0 saturated heterocycles. The van der Waals surface area contributed by atoms with Crippen LogP contribution >= 0.6 is 11.8 Å². The molecule has 0 nitrogen and oxygen atoms in total. The van der Waals surface area contributed by atoms with E-state index in [4.69, 9.17) is 6.42 Å². The zero-order valence-electron chi connectivity index (χ0n) is 23.1. The first-order chi connectivity index (χ1) is 16.0. The van der Waals surface area contributed by atoms with Crippen molar-refractivity contribution in [2.24, 2.45) is 23.2 Å². The molecule has 1 heteroatoms. The van der Waals surface area contributed by atoms with Crippen LogP contribution in [0.2, 0.25) is 0 Å². The highest BCUT2D eigenvalue weighted by Crippen LogP contribution is 2.50. The monoisotopic (exact) mass is 474 g/mol. The van der Waals surface area contributed by atoms with Gasteiger partial charge in [0.2, 0.25) is 0 Å². The molecule has 3 atom stereocenters. The van der Waals surface area contributed by atoms with Gasteiger partial charge in [-0.3, -0.25) is 0 Å². The summed E-state index contributed by atoms with van der Waals surface area (Å²) in [4.78, 5) is 0. The van der Waals surface area contributed by atoms with E-state index in [0.717, 1.165) is 23.2 Å². The Kier molecular flexibility index (Phi) is 14.0. The number of unbranched alkanes of at least 4 members (excludes halogenated alkanes) is 2. The van der Waals surface area contributed by atoms with Gasteiger partial charge in [0.15, 0.2) is 0 Å². The molecule has 3 rings (SSSR count). The van der Waals surface area contributed by atoms with E-state index in [1.807, 2.05) is 0 Å². The van der Waals surface area contributed by atoms with Crippen LogP contribution in [0.5, 0.6) is 0 Å². The van der Waals surface area contributed by atoms with E-state index in [0.29, 0.717) is 4.75 Å². The second-order valence-corrected chi connectivity index (χ2v) is 14.0. The summed E-state index contributed by atoms with van der Waals surface area (Å²) in [5, 5.41) is 2.69. The quantitative estimate of drug-likeness (QED) is 0.212. The van der Waals surface area contributed by atoms with E-state index in [-0.39, 0.29) is 0 Å². The molecule has 0 spiro atoms. The van der Waals surface area contributed by atoms with Crippen molar-refractivity contribution in [2.75, 3.05) is 0 Å². The molecule has 3 unspecified atom stereocenters. The van der Waals surface area contributed by atoms with Gasteiger partial charge in [0.1, 0.15) is 0 Å². The predicted molar refractivity (Wildman–Crippen MR) is 152 cm³/mol. The number of rotatable bonds is 11. The molecule has 0 aromatic carbocycles. The van der Waals surface area contributed by atoms with Crippen molar-refractivity contribution < 1.29 is 0 Å². The molecule has 0 aromatic rings. The van der Waals surface area contributed by atoms with Crippen molar-refractivity contribution in [3.63, 3.8) is 0 Å². The molecule has 33 heavy (non-hydrogen) atoms. The Labute approximate surface area is 213 Å². The van der Waals surface area contributed by atoms with Gasteiger partial charge in [-0.15, -0.1) is 6.42 Å². The van der Waals surface area contributed by atoms with Gasteiger partial charge in [-0.1, -0.05) is 122 Å². The zero-order valence-corrected chi connectivity index (χ0v) is 23.9. The molecule has 0 N–H and O–H groups in total. The molecule has 192 valence electrons. The Hall–Kier alpha value is -0.0900. The smallest absolute Gasteiger partial charge is 0.0255 e. The van der Waals surface area contributed by atoms with Crippen LogP contribution in [0.3, 0.4) is 0 Å². The molecule has 3 aliphatic rings. The molecule has 3 saturated carbocycles. The first kappa shape index (κ1) is 29.1. The summed E-state index contributed by atoms with van der Waals surface area (Å²) >= 11 is 1.68. The number of terminal acetylenes is 1. The Morgan fingerprint density at radius 1 is 0.848 bits per heavy atom. The number of hydrogen-bond donors (Lipinski definition) is 0. The lowest BCUT2D eigenvalue weighted by atomic mass is 9.65. The van der Waals surface area contributed by atoms with Gasteiger partial charge in [-0.25, -0.2) is 0 Å². The second-order valence-electron chi connectivity index (χ2n) is 12.5. The van der Waals surface area contributed by atoms with Crippen molar-refractivity contribution in [1.82, 2.24) is 0 Å². The fourth-order valence-electron chi connectivity index (χ4n) is 7.56. The molecule has 0 amide bonds. The van der Waals surface area contributed by atoms with E-state index in [1.54, 1.807) is 43.9 Å². The van der Waals surface area contributed by atoms with Gasteiger partial charge in [0, 0.05) is 4.75 Å². The third-order valence-electron chi connectivity index (χ3n) is 9.43. The maximum Gasteiger partial charge on any atom is 0.0255 e. The SMILES string of the molecule is C#CSC1(C)CCCCC1.CCCCCC(C)CC1CCCC1CC1(CCC)CCCCC1. The zero-order chi connectivity index (χ0) is 24.0. The van der Waals surface area contributed by atoms with Crippen LogP contribution in [0.4, 0.5) is 0 Å². The van der Waals surface area contributed by atoms with Crippen LogP contribution < -0.4 is 0 Å². The average Bonchev–Trinajstić information content (AvgIpc) is 3.21. The lowest BCUT2D eigenvalue weighted by molar-refractivity contribution is 0.108. The second kappa shape index (κ2) is 15.8. The average molecular weight is 475 g/mol. The third-order valence-corrected chi connectivity index (χ3v) is 10.4.